The fraction of sp³-hybridized carbons (Fsp3) is 0.400. The van der Waals surface area contributed by atoms with Gasteiger partial charge >= 0.3 is 0 Å². The van der Waals surface area contributed by atoms with Crippen molar-refractivity contribution in [2.75, 3.05) is 38.2 Å². The molecule has 0 spiro atoms. The maximum atomic E-state index is 13.0. The largest absolute Gasteiger partial charge is 0.497 e. The molecule has 1 aromatic heterocycles. The van der Waals surface area contributed by atoms with E-state index in [1.807, 2.05) is 16.8 Å². The molecular weight excluding hydrogens is 362 g/mol. The first-order valence-electron chi connectivity index (χ1n) is 9.13. The predicted octanol–water partition coefficient (Wildman–Crippen LogP) is 2.52. The fourth-order valence-electron chi connectivity index (χ4n) is 3.12. The number of thiophene rings is 1. The molecule has 0 unspecified atom stereocenters. The van der Waals surface area contributed by atoms with Gasteiger partial charge in [-0.2, -0.15) is 11.3 Å². The number of ether oxygens (including phenoxy) is 1. The summed E-state index contributed by atoms with van der Waals surface area (Å²) in [6.07, 6.45) is 2.14. The summed E-state index contributed by atoms with van der Waals surface area (Å²) in [7, 11) is 1.58. The van der Waals surface area contributed by atoms with Crippen LogP contribution in [0.4, 0.5) is 5.69 Å². The molecule has 2 aromatic rings. The molecule has 1 aromatic carbocycles. The molecule has 6 nitrogen and oxygen atoms in total. The Morgan fingerprint density at radius 1 is 1.22 bits per heavy atom. The van der Waals surface area contributed by atoms with Gasteiger partial charge in [-0.05, 0) is 67.6 Å². The molecule has 7 heteroatoms. The molecule has 1 fully saturated rings. The number of hydrogen-bond acceptors (Lipinski definition) is 5. The molecule has 27 heavy (non-hydrogen) atoms. The number of amides is 2. The lowest BCUT2D eigenvalue weighted by molar-refractivity contribution is -0.119. The van der Waals surface area contributed by atoms with E-state index in [1.165, 1.54) is 16.2 Å². The van der Waals surface area contributed by atoms with Crippen LogP contribution in [0.25, 0.3) is 0 Å². The first-order valence-corrected chi connectivity index (χ1v) is 10.1. The minimum atomic E-state index is -0.201. The smallest absolute Gasteiger partial charge is 0.258 e. The fourth-order valence-corrected chi connectivity index (χ4v) is 3.77. The number of piperidine rings is 1. The molecule has 2 amide bonds. The molecular formula is C20H25N3O3S. The van der Waals surface area contributed by atoms with E-state index in [4.69, 9.17) is 4.74 Å². The second kappa shape index (κ2) is 9.53. The normalized spacial score (nSPS) is 14.6. The molecule has 0 saturated carbocycles. The summed E-state index contributed by atoms with van der Waals surface area (Å²) >= 11 is 1.50. The van der Waals surface area contributed by atoms with Crippen LogP contribution in [-0.4, -0.2) is 45.1 Å². The molecule has 1 saturated heterocycles. The lowest BCUT2D eigenvalue weighted by Crippen LogP contribution is -2.43. The molecule has 1 aliphatic rings. The third-order valence-electron chi connectivity index (χ3n) is 4.75. The Bertz CT molecular complexity index is 740. The zero-order chi connectivity index (χ0) is 19.1. The number of methoxy groups -OCH3 is 1. The van der Waals surface area contributed by atoms with Crippen LogP contribution in [0.3, 0.4) is 0 Å². The minimum absolute atomic E-state index is 0.00651. The van der Waals surface area contributed by atoms with Gasteiger partial charge in [-0.15, -0.1) is 0 Å². The van der Waals surface area contributed by atoms with E-state index in [0.29, 0.717) is 23.8 Å². The summed E-state index contributed by atoms with van der Waals surface area (Å²) in [5.41, 5.74) is 1.26. The van der Waals surface area contributed by atoms with Crippen LogP contribution in [-0.2, 0) is 4.79 Å². The van der Waals surface area contributed by atoms with E-state index in [0.717, 1.165) is 31.6 Å². The van der Waals surface area contributed by atoms with Crippen LogP contribution in [0.1, 0.15) is 23.2 Å². The number of anilines is 1. The van der Waals surface area contributed by atoms with Crippen LogP contribution in [0.5, 0.6) is 5.75 Å². The first kappa shape index (κ1) is 19.4. The second-order valence-corrected chi connectivity index (χ2v) is 7.38. The number of nitrogens with one attached hydrogen (secondary N) is 2. The summed E-state index contributed by atoms with van der Waals surface area (Å²) in [6, 6.07) is 8.78. The van der Waals surface area contributed by atoms with Gasteiger partial charge in [0.05, 0.1) is 12.8 Å². The van der Waals surface area contributed by atoms with Crippen LogP contribution < -0.4 is 20.3 Å². The van der Waals surface area contributed by atoms with E-state index < -0.39 is 0 Å². The lowest BCUT2D eigenvalue weighted by Gasteiger charge is -2.24. The monoisotopic (exact) mass is 387 g/mol. The topological polar surface area (TPSA) is 70.7 Å². The van der Waals surface area contributed by atoms with Crippen molar-refractivity contribution in [1.82, 2.24) is 10.6 Å². The van der Waals surface area contributed by atoms with Crippen molar-refractivity contribution in [3.05, 3.63) is 46.7 Å². The Labute approximate surface area is 163 Å². The van der Waals surface area contributed by atoms with Gasteiger partial charge in [-0.3, -0.25) is 14.5 Å². The minimum Gasteiger partial charge on any atom is -0.497 e. The van der Waals surface area contributed by atoms with Crippen molar-refractivity contribution < 1.29 is 14.3 Å². The quantitative estimate of drug-likeness (QED) is 0.766. The third kappa shape index (κ3) is 5.30. The molecule has 144 valence electrons. The maximum Gasteiger partial charge on any atom is 0.258 e. The standard InChI is InChI=1S/C20H25N3O3S/c1-26-18-4-2-16(3-5-18)20(25)23(17-8-11-27-14-17)13-19(24)22-12-15-6-9-21-10-7-15/h2-5,8,11,14-15,21H,6-7,9-10,12-13H2,1H3,(H,22,24). The summed E-state index contributed by atoms with van der Waals surface area (Å²) < 4.78 is 5.14. The summed E-state index contributed by atoms with van der Waals surface area (Å²) in [5, 5.41) is 10.1. The van der Waals surface area contributed by atoms with Crippen molar-refractivity contribution >= 4 is 28.8 Å². The van der Waals surface area contributed by atoms with Gasteiger partial charge in [0.25, 0.3) is 5.91 Å². The highest BCUT2D eigenvalue weighted by Gasteiger charge is 2.22. The number of nitrogens with zero attached hydrogens (tertiary/aromatic N) is 1. The first-order chi connectivity index (χ1) is 13.2. The highest BCUT2D eigenvalue weighted by atomic mass is 32.1. The molecule has 0 atom stereocenters. The van der Waals surface area contributed by atoms with E-state index >= 15 is 0 Å². The molecule has 0 bridgehead atoms. The van der Waals surface area contributed by atoms with Crippen molar-refractivity contribution in [3.63, 3.8) is 0 Å². The Morgan fingerprint density at radius 2 is 1.96 bits per heavy atom. The summed E-state index contributed by atoms with van der Waals surface area (Å²) in [6.45, 7) is 2.66. The number of hydrogen-bond donors (Lipinski definition) is 2. The second-order valence-electron chi connectivity index (χ2n) is 6.60. The van der Waals surface area contributed by atoms with E-state index in [9.17, 15) is 9.59 Å². The van der Waals surface area contributed by atoms with Gasteiger partial charge in [0.2, 0.25) is 5.91 Å². The van der Waals surface area contributed by atoms with Crippen molar-refractivity contribution in [1.29, 1.82) is 0 Å². The van der Waals surface area contributed by atoms with Crippen LogP contribution in [0, 0.1) is 5.92 Å². The van der Waals surface area contributed by atoms with Crippen LogP contribution in [0.2, 0.25) is 0 Å². The molecule has 3 rings (SSSR count). The SMILES string of the molecule is COc1ccc(C(=O)N(CC(=O)NCC2CCNCC2)c2ccsc2)cc1. The lowest BCUT2D eigenvalue weighted by atomic mass is 9.98. The zero-order valence-corrected chi connectivity index (χ0v) is 16.3. The van der Waals surface area contributed by atoms with Gasteiger partial charge < -0.3 is 15.4 Å². The van der Waals surface area contributed by atoms with Crippen molar-refractivity contribution in [3.8, 4) is 5.75 Å². The molecule has 2 heterocycles. The Kier molecular flexibility index (Phi) is 6.84. The van der Waals surface area contributed by atoms with Gasteiger partial charge in [0.1, 0.15) is 12.3 Å². The average molecular weight is 388 g/mol. The summed E-state index contributed by atoms with van der Waals surface area (Å²) in [5.74, 6) is 0.852. The number of benzene rings is 1. The average Bonchev–Trinajstić information content (AvgIpc) is 3.25. The summed E-state index contributed by atoms with van der Waals surface area (Å²) in [4.78, 5) is 27.0. The van der Waals surface area contributed by atoms with E-state index in [-0.39, 0.29) is 18.4 Å². The predicted molar refractivity (Wildman–Crippen MR) is 108 cm³/mol. The van der Waals surface area contributed by atoms with Gasteiger partial charge in [-0.1, -0.05) is 0 Å². The van der Waals surface area contributed by atoms with Gasteiger partial charge in [0, 0.05) is 17.5 Å². The highest BCUT2D eigenvalue weighted by Crippen LogP contribution is 2.21. The molecule has 1 aliphatic heterocycles. The Morgan fingerprint density at radius 3 is 2.59 bits per heavy atom. The number of carbonyl (C=O) groups is 2. The maximum absolute atomic E-state index is 13.0. The molecule has 2 N–H and O–H groups in total. The number of carbonyl (C=O) groups excluding carboxylic acids is 2. The molecule has 0 aliphatic carbocycles. The van der Waals surface area contributed by atoms with E-state index in [1.54, 1.807) is 31.4 Å². The van der Waals surface area contributed by atoms with Crippen molar-refractivity contribution in [2.45, 2.75) is 12.8 Å². The molecule has 0 radical (unpaired) electrons. The van der Waals surface area contributed by atoms with Gasteiger partial charge in [-0.25, -0.2) is 0 Å². The highest BCUT2D eigenvalue weighted by molar-refractivity contribution is 7.08. The van der Waals surface area contributed by atoms with Gasteiger partial charge in [0.15, 0.2) is 0 Å². The zero-order valence-electron chi connectivity index (χ0n) is 15.4. The van der Waals surface area contributed by atoms with Crippen LogP contribution >= 0.6 is 11.3 Å². The Balaban J connectivity index is 1.65. The van der Waals surface area contributed by atoms with E-state index in [2.05, 4.69) is 10.6 Å². The Hall–Kier alpha value is -2.38. The van der Waals surface area contributed by atoms with Crippen molar-refractivity contribution in [2.24, 2.45) is 5.92 Å². The van der Waals surface area contributed by atoms with Crippen LogP contribution in [0.15, 0.2) is 41.1 Å². The number of rotatable bonds is 7. The third-order valence-corrected chi connectivity index (χ3v) is 5.42.